The Hall–Kier alpha value is -3.38. The fraction of sp³-hybridized carbons (Fsp3) is 0.333. The van der Waals surface area contributed by atoms with Crippen LogP contribution in [0.25, 0.3) is 11.0 Å². The summed E-state index contributed by atoms with van der Waals surface area (Å²) < 4.78 is 8.44. The Morgan fingerprint density at radius 3 is 2.55 bits per heavy atom. The Morgan fingerprint density at radius 2 is 1.76 bits per heavy atom. The van der Waals surface area contributed by atoms with Gasteiger partial charge in [0.2, 0.25) is 5.95 Å². The van der Waals surface area contributed by atoms with Crippen LogP contribution in [-0.2, 0) is 13.2 Å². The molecule has 0 aliphatic rings. The highest BCUT2D eigenvalue weighted by Gasteiger charge is 2.16. The van der Waals surface area contributed by atoms with E-state index in [1.54, 1.807) is 0 Å². The van der Waals surface area contributed by atoms with E-state index in [1.807, 2.05) is 44.3 Å². The number of aryl methyl sites for hydroxylation is 3. The lowest BCUT2D eigenvalue weighted by Crippen LogP contribution is -2.15. The maximum Gasteiger partial charge on any atom is 0.204 e. The number of imidazole rings is 1. The second kappa shape index (κ2) is 10.5. The predicted octanol–water partition coefficient (Wildman–Crippen LogP) is 5.01. The number of nitrogens with one attached hydrogen (secondary N) is 2. The van der Waals surface area contributed by atoms with E-state index in [0.717, 1.165) is 59.2 Å². The summed E-state index contributed by atoms with van der Waals surface area (Å²) in [7, 11) is 1.97. The van der Waals surface area contributed by atoms with Crippen LogP contribution in [0.1, 0.15) is 34.5 Å². The average Bonchev–Trinajstić information content (AvgIpc) is 3.14. The lowest BCUT2D eigenvalue weighted by atomic mass is 10.1. The molecule has 0 bridgehead atoms. The van der Waals surface area contributed by atoms with Gasteiger partial charge in [-0.3, -0.25) is 4.98 Å². The third-order valence-electron chi connectivity index (χ3n) is 5.69. The summed E-state index contributed by atoms with van der Waals surface area (Å²) in [5, 5.41) is 6.74. The number of hydrogen-bond acceptors (Lipinski definition) is 5. The zero-order valence-corrected chi connectivity index (χ0v) is 20.0. The fourth-order valence-corrected chi connectivity index (χ4v) is 4.06. The summed E-state index contributed by atoms with van der Waals surface area (Å²) in [6, 6.07) is 18.6. The van der Waals surface area contributed by atoms with Crippen LogP contribution in [-0.4, -0.2) is 34.7 Å². The van der Waals surface area contributed by atoms with Gasteiger partial charge in [-0.25, -0.2) is 4.98 Å². The van der Waals surface area contributed by atoms with Crippen molar-refractivity contribution in [2.75, 3.05) is 25.5 Å². The summed E-state index contributed by atoms with van der Waals surface area (Å²) in [6.45, 7) is 9.17. The van der Waals surface area contributed by atoms with E-state index in [2.05, 4.69) is 53.3 Å². The number of ether oxygens (including phenoxy) is 1. The van der Waals surface area contributed by atoms with Crippen LogP contribution in [0.2, 0.25) is 0 Å². The van der Waals surface area contributed by atoms with E-state index in [1.165, 1.54) is 11.1 Å². The lowest BCUT2D eigenvalue weighted by molar-refractivity contribution is 0.300. The molecule has 0 fully saturated rings. The minimum absolute atomic E-state index is 0.511. The number of aromatic nitrogens is 3. The van der Waals surface area contributed by atoms with Gasteiger partial charge in [0.15, 0.2) is 0 Å². The van der Waals surface area contributed by atoms with Crippen molar-refractivity contribution in [2.45, 2.75) is 40.3 Å². The first-order valence-corrected chi connectivity index (χ1v) is 11.5. The largest absolute Gasteiger partial charge is 0.487 e. The van der Waals surface area contributed by atoms with Crippen LogP contribution in [0.3, 0.4) is 0 Å². The maximum atomic E-state index is 6.21. The molecule has 0 spiro atoms. The van der Waals surface area contributed by atoms with Crippen LogP contribution in [0.5, 0.6) is 5.75 Å². The Kier molecular flexibility index (Phi) is 7.25. The maximum absolute atomic E-state index is 6.21. The Morgan fingerprint density at radius 1 is 0.939 bits per heavy atom. The molecule has 4 rings (SSSR count). The van der Waals surface area contributed by atoms with Crippen LogP contribution in [0.15, 0.2) is 54.6 Å². The topological polar surface area (TPSA) is 64.0 Å². The van der Waals surface area contributed by atoms with Gasteiger partial charge in [-0.2, -0.15) is 0 Å². The lowest BCUT2D eigenvalue weighted by Gasteiger charge is -2.15. The molecule has 0 atom stereocenters. The molecule has 2 aromatic heterocycles. The molecule has 0 radical (unpaired) electrons. The third kappa shape index (κ3) is 5.52. The van der Waals surface area contributed by atoms with Crippen molar-refractivity contribution in [3.8, 4) is 5.75 Å². The zero-order valence-electron chi connectivity index (χ0n) is 20.0. The van der Waals surface area contributed by atoms with Crippen molar-refractivity contribution in [2.24, 2.45) is 0 Å². The van der Waals surface area contributed by atoms with Crippen LogP contribution in [0.4, 0.5) is 5.95 Å². The van der Waals surface area contributed by atoms with Crippen molar-refractivity contribution in [3.05, 3.63) is 82.7 Å². The van der Waals surface area contributed by atoms with Gasteiger partial charge in [0.05, 0.1) is 17.6 Å². The molecule has 6 heteroatoms. The molecule has 0 unspecified atom stereocenters. The second-order valence-corrected chi connectivity index (χ2v) is 8.53. The molecule has 0 saturated heterocycles. The second-order valence-electron chi connectivity index (χ2n) is 8.53. The molecular weight excluding hydrogens is 410 g/mol. The van der Waals surface area contributed by atoms with E-state index in [4.69, 9.17) is 14.7 Å². The highest BCUT2D eigenvalue weighted by Crippen LogP contribution is 2.28. The quantitative estimate of drug-likeness (QED) is 0.338. The summed E-state index contributed by atoms with van der Waals surface area (Å²) in [4.78, 5) is 9.81. The van der Waals surface area contributed by atoms with Gasteiger partial charge in [-0.1, -0.05) is 36.4 Å². The minimum atomic E-state index is 0.511. The van der Waals surface area contributed by atoms with Crippen molar-refractivity contribution < 1.29 is 4.74 Å². The smallest absolute Gasteiger partial charge is 0.204 e. The van der Waals surface area contributed by atoms with Gasteiger partial charge in [0.25, 0.3) is 0 Å². The summed E-state index contributed by atoms with van der Waals surface area (Å²) >= 11 is 0. The van der Waals surface area contributed by atoms with Gasteiger partial charge in [-0.15, -0.1) is 0 Å². The minimum Gasteiger partial charge on any atom is -0.487 e. The monoisotopic (exact) mass is 443 g/mol. The molecule has 0 amide bonds. The molecule has 0 aliphatic carbocycles. The summed E-state index contributed by atoms with van der Waals surface area (Å²) in [5.41, 5.74) is 7.55. The average molecular weight is 444 g/mol. The normalized spacial score (nSPS) is 11.2. The SMILES string of the molecule is CNCCCNc1nc2c(C)cc(C)cc2n1Cc1nc(C)ccc1OCc1ccccc1. The van der Waals surface area contributed by atoms with Gasteiger partial charge >= 0.3 is 0 Å². The van der Waals surface area contributed by atoms with E-state index in [0.29, 0.717) is 13.2 Å². The molecule has 4 aromatic rings. The number of pyridine rings is 1. The summed E-state index contributed by atoms with van der Waals surface area (Å²) in [5.74, 6) is 1.67. The first-order chi connectivity index (χ1) is 16.0. The number of rotatable bonds is 10. The first kappa shape index (κ1) is 22.8. The van der Waals surface area contributed by atoms with Gasteiger partial charge in [0, 0.05) is 12.2 Å². The van der Waals surface area contributed by atoms with Crippen LogP contribution in [0, 0.1) is 20.8 Å². The Balaban J connectivity index is 1.68. The third-order valence-corrected chi connectivity index (χ3v) is 5.69. The molecule has 2 aromatic carbocycles. The van der Waals surface area contributed by atoms with Crippen molar-refractivity contribution in [1.29, 1.82) is 0 Å². The van der Waals surface area contributed by atoms with Crippen molar-refractivity contribution >= 4 is 17.0 Å². The fourth-order valence-electron chi connectivity index (χ4n) is 4.06. The molecule has 33 heavy (non-hydrogen) atoms. The molecule has 2 N–H and O–H groups in total. The number of anilines is 1. The van der Waals surface area contributed by atoms with Crippen LogP contribution >= 0.6 is 0 Å². The highest BCUT2D eigenvalue weighted by atomic mass is 16.5. The number of hydrogen-bond donors (Lipinski definition) is 2. The van der Waals surface area contributed by atoms with Gasteiger partial charge in [0.1, 0.15) is 18.1 Å². The Bertz CT molecular complexity index is 1220. The van der Waals surface area contributed by atoms with E-state index >= 15 is 0 Å². The molecule has 0 aliphatic heterocycles. The molecule has 172 valence electrons. The molecule has 2 heterocycles. The van der Waals surface area contributed by atoms with Crippen molar-refractivity contribution in [3.63, 3.8) is 0 Å². The zero-order chi connectivity index (χ0) is 23.2. The molecule has 6 nitrogen and oxygen atoms in total. The van der Waals surface area contributed by atoms with Crippen molar-refractivity contribution in [1.82, 2.24) is 19.9 Å². The highest BCUT2D eigenvalue weighted by molar-refractivity contribution is 5.83. The first-order valence-electron chi connectivity index (χ1n) is 11.5. The Labute approximate surface area is 196 Å². The predicted molar refractivity (Wildman–Crippen MR) is 135 cm³/mol. The van der Waals surface area contributed by atoms with Gasteiger partial charge < -0.3 is 19.9 Å². The van der Waals surface area contributed by atoms with E-state index < -0.39 is 0 Å². The standard InChI is InChI=1S/C27H33N5O/c1-19-15-20(2)26-24(16-19)32(27(31-26)29-14-8-13-28-4)17-23-25(12-11-21(3)30-23)33-18-22-9-6-5-7-10-22/h5-7,9-12,15-16,28H,8,13-14,17-18H2,1-4H3,(H,29,31). The molecular formula is C27H33N5O. The number of fused-ring (bicyclic) bond motifs is 1. The van der Waals surface area contributed by atoms with E-state index in [9.17, 15) is 0 Å². The van der Waals surface area contributed by atoms with Gasteiger partial charge in [-0.05, 0) is 75.7 Å². The molecule has 0 saturated carbocycles. The summed E-state index contributed by atoms with van der Waals surface area (Å²) in [6.07, 6.45) is 1.02. The number of nitrogens with zero attached hydrogens (tertiary/aromatic N) is 3. The van der Waals surface area contributed by atoms with Crippen LogP contribution < -0.4 is 15.4 Å². The number of benzene rings is 2. The van der Waals surface area contributed by atoms with E-state index in [-0.39, 0.29) is 0 Å².